The van der Waals surface area contributed by atoms with Crippen LogP contribution in [-0.4, -0.2) is 31.8 Å². The number of anilines is 1. The Hall–Kier alpha value is -1.43. The van der Waals surface area contributed by atoms with Gasteiger partial charge < -0.3 is 5.11 Å². The molecule has 1 aliphatic rings. The molecule has 0 radical (unpaired) electrons. The lowest BCUT2D eigenvalue weighted by molar-refractivity contribution is -0.120. The lowest BCUT2D eigenvalue weighted by atomic mass is 9.98. The predicted molar refractivity (Wildman–Crippen MR) is 62.4 cm³/mol. The fourth-order valence-electron chi connectivity index (χ4n) is 2.19. The van der Waals surface area contributed by atoms with Gasteiger partial charge in [0.2, 0.25) is 11.9 Å². The number of aromatic amines is 1. The van der Waals surface area contributed by atoms with Crippen LogP contribution < -0.4 is 5.32 Å². The van der Waals surface area contributed by atoms with Gasteiger partial charge in [-0.05, 0) is 12.8 Å². The molecule has 1 heterocycles. The van der Waals surface area contributed by atoms with Crippen LogP contribution in [0, 0.1) is 0 Å². The fraction of sp³-hybridized carbons (Fsp3) is 0.727. The van der Waals surface area contributed by atoms with Crippen LogP contribution in [0.2, 0.25) is 0 Å². The molecule has 17 heavy (non-hydrogen) atoms. The first-order valence-electron chi connectivity index (χ1n) is 6.05. The molecular weight excluding hydrogens is 220 g/mol. The maximum absolute atomic E-state index is 11.7. The van der Waals surface area contributed by atoms with E-state index in [0.29, 0.717) is 12.8 Å². The minimum Gasteiger partial charge on any atom is -0.389 e. The average Bonchev–Trinajstić information content (AvgIpc) is 2.87. The highest BCUT2D eigenvalue weighted by Gasteiger charge is 2.33. The zero-order valence-electron chi connectivity index (χ0n) is 9.99. The average molecular weight is 238 g/mol. The molecule has 1 saturated carbocycles. The third kappa shape index (κ3) is 3.03. The first kappa shape index (κ1) is 12.0. The molecule has 2 rings (SSSR count). The summed E-state index contributed by atoms with van der Waals surface area (Å²) in [7, 11) is 0. The highest BCUT2D eigenvalue weighted by atomic mass is 16.3. The maximum Gasteiger partial charge on any atom is 0.248 e. The van der Waals surface area contributed by atoms with E-state index in [1.807, 2.05) is 6.92 Å². The molecule has 6 heteroatoms. The number of aryl methyl sites for hydroxylation is 1. The molecule has 0 bridgehead atoms. The summed E-state index contributed by atoms with van der Waals surface area (Å²) in [6.07, 6.45) is 4.26. The van der Waals surface area contributed by atoms with Gasteiger partial charge in [-0.25, -0.2) is 0 Å². The molecule has 0 atom stereocenters. The van der Waals surface area contributed by atoms with Crippen LogP contribution in [0.4, 0.5) is 5.95 Å². The lowest BCUT2D eigenvalue weighted by Gasteiger charge is -2.20. The summed E-state index contributed by atoms with van der Waals surface area (Å²) in [6.45, 7) is 1.95. The second-order valence-corrected chi connectivity index (χ2v) is 4.62. The molecular formula is C11H18N4O2. The molecule has 1 aliphatic carbocycles. The topological polar surface area (TPSA) is 90.9 Å². The highest BCUT2D eigenvalue weighted by molar-refractivity contribution is 5.89. The molecule has 1 aromatic rings. The number of aromatic nitrogens is 3. The van der Waals surface area contributed by atoms with Crippen LogP contribution in [0.25, 0.3) is 0 Å². The number of carbonyl (C=O) groups is 1. The van der Waals surface area contributed by atoms with Gasteiger partial charge in [-0.15, -0.1) is 5.10 Å². The molecule has 0 saturated heterocycles. The number of hydrogen-bond donors (Lipinski definition) is 3. The van der Waals surface area contributed by atoms with Gasteiger partial charge in [-0.2, -0.15) is 4.98 Å². The van der Waals surface area contributed by atoms with Crippen LogP contribution >= 0.6 is 0 Å². The van der Waals surface area contributed by atoms with E-state index in [1.165, 1.54) is 0 Å². The van der Waals surface area contributed by atoms with Gasteiger partial charge in [0.15, 0.2) is 0 Å². The van der Waals surface area contributed by atoms with Crippen molar-refractivity contribution in [1.82, 2.24) is 15.2 Å². The molecule has 1 amide bonds. The van der Waals surface area contributed by atoms with E-state index in [9.17, 15) is 9.90 Å². The zero-order chi connectivity index (χ0) is 12.3. The maximum atomic E-state index is 11.7. The van der Waals surface area contributed by atoms with E-state index in [-0.39, 0.29) is 18.3 Å². The Morgan fingerprint density at radius 3 is 2.82 bits per heavy atom. The lowest BCUT2D eigenvalue weighted by Crippen LogP contribution is -2.31. The fourth-order valence-corrected chi connectivity index (χ4v) is 2.19. The van der Waals surface area contributed by atoms with Crippen molar-refractivity contribution in [2.45, 2.75) is 51.0 Å². The number of aliphatic hydroxyl groups is 1. The Morgan fingerprint density at radius 2 is 2.24 bits per heavy atom. The summed E-state index contributed by atoms with van der Waals surface area (Å²) in [5, 5.41) is 19.3. The first-order valence-corrected chi connectivity index (χ1v) is 6.05. The predicted octanol–water partition coefficient (Wildman–Crippen LogP) is 1.00. The Balaban J connectivity index is 1.88. The molecule has 3 N–H and O–H groups in total. The number of hydrogen-bond acceptors (Lipinski definition) is 4. The van der Waals surface area contributed by atoms with Crippen LogP contribution in [0.3, 0.4) is 0 Å². The van der Waals surface area contributed by atoms with E-state index >= 15 is 0 Å². The van der Waals surface area contributed by atoms with Crippen molar-refractivity contribution in [2.24, 2.45) is 0 Å². The van der Waals surface area contributed by atoms with Gasteiger partial charge in [-0.3, -0.25) is 15.2 Å². The molecule has 1 fully saturated rings. The molecule has 1 aromatic heterocycles. The largest absolute Gasteiger partial charge is 0.389 e. The normalized spacial score (nSPS) is 18.2. The van der Waals surface area contributed by atoms with Crippen molar-refractivity contribution < 1.29 is 9.90 Å². The van der Waals surface area contributed by atoms with E-state index in [4.69, 9.17) is 0 Å². The summed E-state index contributed by atoms with van der Waals surface area (Å²) < 4.78 is 0. The Labute approximate surface area is 99.8 Å². The standard InChI is InChI=1S/C11H18N4O2/c1-2-8-12-10(15-14-8)13-9(16)7-11(17)5-3-4-6-11/h17H,2-7H2,1H3,(H2,12,13,14,15,16). The van der Waals surface area contributed by atoms with E-state index in [1.54, 1.807) is 0 Å². The molecule has 0 spiro atoms. The van der Waals surface area contributed by atoms with Crippen LogP contribution in [0.1, 0.15) is 44.9 Å². The second kappa shape index (κ2) is 4.83. The molecule has 94 valence electrons. The molecule has 0 aliphatic heterocycles. The Morgan fingerprint density at radius 1 is 1.53 bits per heavy atom. The molecule has 6 nitrogen and oxygen atoms in total. The van der Waals surface area contributed by atoms with E-state index in [0.717, 1.165) is 25.1 Å². The van der Waals surface area contributed by atoms with Gasteiger partial charge in [0.25, 0.3) is 0 Å². The van der Waals surface area contributed by atoms with Gasteiger partial charge in [-0.1, -0.05) is 19.8 Å². The Kier molecular flexibility index (Phi) is 3.42. The summed E-state index contributed by atoms with van der Waals surface area (Å²) in [5.74, 6) is 0.796. The van der Waals surface area contributed by atoms with Crippen molar-refractivity contribution in [3.8, 4) is 0 Å². The van der Waals surface area contributed by atoms with Crippen molar-refractivity contribution >= 4 is 11.9 Å². The van der Waals surface area contributed by atoms with Crippen molar-refractivity contribution in [3.63, 3.8) is 0 Å². The number of nitrogens with zero attached hydrogens (tertiary/aromatic N) is 2. The summed E-state index contributed by atoms with van der Waals surface area (Å²) >= 11 is 0. The van der Waals surface area contributed by atoms with Gasteiger partial charge in [0, 0.05) is 6.42 Å². The summed E-state index contributed by atoms with van der Waals surface area (Å²) in [5.41, 5.74) is -0.825. The van der Waals surface area contributed by atoms with Crippen LogP contribution in [-0.2, 0) is 11.2 Å². The second-order valence-electron chi connectivity index (χ2n) is 4.62. The van der Waals surface area contributed by atoms with Gasteiger partial charge >= 0.3 is 0 Å². The third-order valence-electron chi connectivity index (χ3n) is 3.14. The van der Waals surface area contributed by atoms with E-state index in [2.05, 4.69) is 20.5 Å². The van der Waals surface area contributed by atoms with Crippen molar-refractivity contribution in [1.29, 1.82) is 0 Å². The quantitative estimate of drug-likeness (QED) is 0.729. The number of rotatable bonds is 4. The monoisotopic (exact) mass is 238 g/mol. The van der Waals surface area contributed by atoms with E-state index < -0.39 is 5.60 Å². The van der Waals surface area contributed by atoms with Crippen LogP contribution in [0.5, 0.6) is 0 Å². The number of amides is 1. The molecule has 0 unspecified atom stereocenters. The zero-order valence-corrected chi connectivity index (χ0v) is 9.99. The minimum atomic E-state index is -0.825. The van der Waals surface area contributed by atoms with Crippen molar-refractivity contribution in [3.05, 3.63) is 5.82 Å². The molecule has 0 aromatic carbocycles. The summed E-state index contributed by atoms with van der Waals surface area (Å²) in [6, 6.07) is 0. The van der Waals surface area contributed by atoms with Crippen molar-refractivity contribution in [2.75, 3.05) is 5.32 Å². The van der Waals surface area contributed by atoms with Gasteiger partial charge in [0.1, 0.15) is 5.82 Å². The number of H-pyrrole nitrogens is 1. The highest BCUT2D eigenvalue weighted by Crippen LogP contribution is 2.32. The Bertz CT molecular complexity index is 396. The number of carbonyl (C=O) groups excluding carboxylic acids is 1. The summed E-state index contributed by atoms with van der Waals surface area (Å²) in [4.78, 5) is 15.8. The number of nitrogens with one attached hydrogen (secondary N) is 2. The smallest absolute Gasteiger partial charge is 0.248 e. The SMILES string of the molecule is CCc1nc(NC(=O)CC2(O)CCCC2)n[nH]1. The van der Waals surface area contributed by atoms with Crippen LogP contribution in [0.15, 0.2) is 0 Å². The first-order chi connectivity index (χ1) is 8.11. The minimum absolute atomic E-state index is 0.128. The third-order valence-corrected chi connectivity index (χ3v) is 3.14. The van der Waals surface area contributed by atoms with Gasteiger partial charge in [0.05, 0.1) is 12.0 Å².